The second-order valence-electron chi connectivity index (χ2n) is 4.38. The van der Waals surface area contributed by atoms with Gasteiger partial charge in [0, 0.05) is 5.56 Å². The van der Waals surface area contributed by atoms with Crippen molar-refractivity contribution in [2.24, 2.45) is 5.84 Å². The first-order chi connectivity index (χ1) is 10.2. The van der Waals surface area contributed by atoms with Gasteiger partial charge >= 0.3 is 5.91 Å². The molecule has 1 amide bonds. The lowest BCUT2D eigenvalue weighted by atomic mass is 10.1. The number of furan rings is 1. The maximum absolute atomic E-state index is 11.5. The quantitative estimate of drug-likeness (QED) is 0.483. The standard InChI is InChI=1S/C15H18N2O4/c1-3-10-4-5-12(13(8-10)19-2)21-9-11-6-7-20-14(11)15(18)17-16/h4-8H,3,9,16H2,1-2H3,(H,17,18). The van der Waals surface area contributed by atoms with Crippen LogP contribution in [-0.2, 0) is 13.0 Å². The lowest BCUT2D eigenvalue weighted by molar-refractivity contribution is 0.0922. The van der Waals surface area contributed by atoms with Crippen molar-refractivity contribution in [2.45, 2.75) is 20.0 Å². The van der Waals surface area contributed by atoms with E-state index in [0.29, 0.717) is 17.1 Å². The number of hydrazine groups is 1. The third-order valence-electron chi connectivity index (χ3n) is 3.10. The minimum absolute atomic E-state index is 0.140. The zero-order chi connectivity index (χ0) is 15.2. The van der Waals surface area contributed by atoms with Gasteiger partial charge in [0.15, 0.2) is 17.3 Å². The Kier molecular flexibility index (Phi) is 4.84. The summed E-state index contributed by atoms with van der Waals surface area (Å²) in [4.78, 5) is 11.5. The van der Waals surface area contributed by atoms with Crippen molar-refractivity contribution in [3.8, 4) is 11.5 Å². The molecular formula is C15H18N2O4. The van der Waals surface area contributed by atoms with E-state index in [1.807, 2.05) is 23.6 Å². The summed E-state index contributed by atoms with van der Waals surface area (Å²) in [6.45, 7) is 2.25. The highest BCUT2D eigenvalue weighted by Crippen LogP contribution is 2.29. The Morgan fingerprint density at radius 3 is 2.81 bits per heavy atom. The predicted octanol–water partition coefficient (Wildman–Crippen LogP) is 2.03. The molecule has 0 aliphatic heterocycles. The van der Waals surface area contributed by atoms with Gasteiger partial charge in [0.2, 0.25) is 0 Å². The highest BCUT2D eigenvalue weighted by Gasteiger charge is 2.15. The number of nitrogens with one attached hydrogen (secondary N) is 1. The summed E-state index contributed by atoms with van der Waals surface area (Å²) in [7, 11) is 1.59. The molecular weight excluding hydrogens is 272 g/mol. The molecule has 1 aromatic heterocycles. The Bertz CT molecular complexity index is 622. The van der Waals surface area contributed by atoms with Crippen LogP contribution in [0, 0.1) is 0 Å². The Balaban J connectivity index is 2.13. The minimum Gasteiger partial charge on any atom is -0.493 e. The van der Waals surface area contributed by atoms with Gasteiger partial charge in [-0.3, -0.25) is 10.2 Å². The lowest BCUT2D eigenvalue weighted by Crippen LogP contribution is -2.30. The molecule has 0 saturated heterocycles. The van der Waals surface area contributed by atoms with Gasteiger partial charge in [-0.1, -0.05) is 13.0 Å². The van der Waals surface area contributed by atoms with Gasteiger partial charge in [-0.2, -0.15) is 0 Å². The molecule has 112 valence electrons. The first kappa shape index (κ1) is 14.9. The fraction of sp³-hybridized carbons (Fsp3) is 0.267. The SMILES string of the molecule is CCc1ccc(OCc2ccoc2C(=O)NN)c(OC)c1. The second kappa shape index (κ2) is 6.81. The van der Waals surface area contributed by atoms with Gasteiger partial charge in [0.25, 0.3) is 0 Å². The Morgan fingerprint density at radius 1 is 1.33 bits per heavy atom. The van der Waals surface area contributed by atoms with Gasteiger partial charge in [0.05, 0.1) is 13.4 Å². The lowest BCUT2D eigenvalue weighted by Gasteiger charge is -2.11. The summed E-state index contributed by atoms with van der Waals surface area (Å²) >= 11 is 0. The van der Waals surface area contributed by atoms with Crippen LogP contribution in [0.15, 0.2) is 34.9 Å². The maximum atomic E-state index is 11.5. The van der Waals surface area contributed by atoms with Gasteiger partial charge in [-0.25, -0.2) is 5.84 Å². The van der Waals surface area contributed by atoms with Crippen LogP contribution in [0.2, 0.25) is 0 Å². The van der Waals surface area contributed by atoms with E-state index in [9.17, 15) is 4.79 Å². The number of carbonyl (C=O) groups excluding carboxylic acids is 1. The fourth-order valence-corrected chi connectivity index (χ4v) is 1.92. The number of hydrogen-bond acceptors (Lipinski definition) is 5. The molecule has 21 heavy (non-hydrogen) atoms. The number of aryl methyl sites for hydroxylation is 1. The van der Waals surface area contributed by atoms with Crippen molar-refractivity contribution in [1.82, 2.24) is 5.43 Å². The fourth-order valence-electron chi connectivity index (χ4n) is 1.92. The summed E-state index contributed by atoms with van der Waals surface area (Å²) < 4.78 is 16.1. The van der Waals surface area contributed by atoms with Crippen molar-refractivity contribution < 1.29 is 18.7 Å². The topological polar surface area (TPSA) is 86.7 Å². The van der Waals surface area contributed by atoms with E-state index in [2.05, 4.69) is 6.92 Å². The van der Waals surface area contributed by atoms with Crippen LogP contribution in [0.25, 0.3) is 0 Å². The van der Waals surface area contributed by atoms with Crippen molar-refractivity contribution in [1.29, 1.82) is 0 Å². The third kappa shape index (κ3) is 3.35. The van der Waals surface area contributed by atoms with Crippen LogP contribution in [0.1, 0.15) is 28.6 Å². The zero-order valence-electron chi connectivity index (χ0n) is 12.0. The molecule has 1 aromatic carbocycles. The van der Waals surface area contributed by atoms with Gasteiger partial charge in [-0.15, -0.1) is 0 Å². The first-order valence-electron chi connectivity index (χ1n) is 6.56. The number of nitrogens with two attached hydrogens (primary N) is 1. The second-order valence-corrected chi connectivity index (χ2v) is 4.38. The summed E-state index contributed by atoms with van der Waals surface area (Å²) in [5.74, 6) is 6.01. The molecule has 2 rings (SSSR count). The highest BCUT2D eigenvalue weighted by molar-refractivity contribution is 5.92. The van der Waals surface area contributed by atoms with Crippen LogP contribution in [0.4, 0.5) is 0 Å². The highest BCUT2D eigenvalue weighted by atomic mass is 16.5. The van der Waals surface area contributed by atoms with Crippen molar-refractivity contribution >= 4 is 5.91 Å². The number of benzene rings is 1. The minimum atomic E-state index is -0.494. The van der Waals surface area contributed by atoms with E-state index < -0.39 is 5.91 Å². The van der Waals surface area contributed by atoms with Crippen LogP contribution >= 0.6 is 0 Å². The number of hydrogen-bond donors (Lipinski definition) is 2. The Labute approximate surface area is 122 Å². The molecule has 0 aliphatic rings. The van der Waals surface area contributed by atoms with E-state index in [1.54, 1.807) is 13.2 Å². The van der Waals surface area contributed by atoms with Crippen molar-refractivity contribution in [3.05, 3.63) is 47.4 Å². The summed E-state index contributed by atoms with van der Waals surface area (Å²) in [5.41, 5.74) is 3.80. The van der Waals surface area contributed by atoms with E-state index in [1.165, 1.54) is 6.26 Å². The average molecular weight is 290 g/mol. The van der Waals surface area contributed by atoms with Crippen LogP contribution in [0.3, 0.4) is 0 Å². The van der Waals surface area contributed by atoms with Gasteiger partial charge < -0.3 is 13.9 Å². The number of methoxy groups -OCH3 is 1. The zero-order valence-corrected chi connectivity index (χ0v) is 12.0. The molecule has 0 unspecified atom stereocenters. The Hall–Kier alpha value is -2.47. The first-order valence-corrected chi connectivity index (χ1v) is 6.56. The molecule has 0 spiro atoms. The molecule has 1 heterocycles. The van der Waals surface area contributed by atoms with Crippen molar-refractivity contribution in [3.63, 3.8) is 0 Å². The number of carbonyl (C=O) groups is 1. The van der Waals surface area contributed by atoms with E-state index in [4.69, 9.17) is 19.7 Å². The van der Waals surface area contributed by atoms with Crippen LogP contribution < -0.4 is 20.7 Å². The van der Waals surface area contributed by atoms with Crippen molar-refractivity contribution in [2.75, 3.05) is 7.11 Å². The largest absolute Gasteiger partial charge is 0.493 e. The number of nitrogen functional groups attached to an aromatic ring is 1. The number of ether oxygens (including phenoxy) is 2. The normalized spacial score (nSPS) is 10.2. The maximum Gasteiger partial charge on any atom is 0.301 e. The van der Waals surface area contributed by atoms with Crippen LogP contribution in [0.5, 0.6) is 11.5 Å². The monoisotopic (exact) mass is 290 g/mol. The Morgan fingerprint density at radius 2 is 2.14 bits per heavy atom. The summed E-state index contributed by atoms with van der Waals surface area (Å²) in [6.07, 6.45) is 2.33. The molecule has 0 bridgehead atoms. The van der Waals surface area contributed by atoms with E-state index in [-0.39, 0.29) is 12.4 Å². The summed E-state index contributed by atoms with van der Waals surface area (Å²) in [6, 6.07) is 7.41. The molecule has 6 heteroatoms. The number of rotatable bonds is 6. The predicted molar refractivity (Wildman–Crippen MR) is 77.1 cm³/mol. The van der Waals surface area contributed by atoms with Gasteiger partial charge in [0.1, 0.15) is 6.61 Å². The molecule has 0 aliphatic carbocycles. The van der Waals surface area contributed by atoms with E-state index in [0.717, 1.165) is 12.0 Å². The molecule has 0 atom stereocenters. The van der Waals surface area contributed by atoms with Crippen LogP contribution in [-0.4, -0.2) is 13.0 Å². The smallest absolute Gasteiger partial charge is 0.301 e. The number of amides is 1. The molecule has 3 N–H and O–H groups in total. The van der Waals surface area contributed by atoms with E-state index >= 15 is 0 Å². The third-order valence-corrected chi connectivity index (χ3v) is 3.10. The molecule has 6 nitrogen and oxygen atoms in total. The molecule has 0 radical (unpaired) electrons. The molecule has 2 aromatic rings. The molecule has 0 fully saturated rings. The average Bonchev–Trinajstić information content (AvgIpc) is 3.00. The molecule has 0 saturated carbocycles. The summed E-state index contributed by atoms with van der Waals surface area (Å²) in [5, 5.41) is 0. The van der Waals surface area contributed by atoms with Gasteiger partial charge in [-0.05, 0) is 30.2 Å².